The highest BCUT2D eigenvalue weighted by Crippen LogP contribution is 2.37. The van der Waals surface area contributed by atoms with Crippen molar-refractivity contribution in [2.45, 2.75) is 38.7 Å². The summed E-state index contributed by atoms with van der Waals surface area (Å²) < 4.78 is 6.30. The number of aromatic nitrogens is 2. The standard InChI is InChI=1S/C21H27N3O/c1-15-22-11-9-21(23-15)17-4-6-19(7-5-17)25-20-8-3-16-10-12-24(2)14-18(16)13-20/h4-7,9,11,16,18,20H,3,8,10,12-14H2,1-2H3. The molecule has 1 aromatic carbocycles. The van der Waals surface area contributed by atoms with Crippen LogP contribution in [0.1, 0.15) is 31.5 Å². The molecule has 1 aliphatic heterocycles. The zero-order valence-corrected chi connectivity index (χ0v) is 15.2. The number of piperidine rings is 1. The topological polar surface area (TPSA) is 38.2 Å². The van der Waals surface area contributed by atoms with E-state index in [0.29, 0.717) is 6.10 Å². The quantitative estimate of drug-likeness (QED) is 0.850. The summed E-state index contributed by atoms with van der Waals surface area (Å²) in [5.74, 6) is 3.49. The Balaban J connectivity index is 1.40. The van der Waals surface area contributed by atoms with Gasteiger partial charge in [0.15, 0.2) is 0 Å². The summed E-state index contributed by atoms with van der Waals surface area (Å²) in [5.41, 5.74) is 2.07. The van der Waals surface area contributed by atoms with Crippen LogP contribution in [0.2, 0.25) is 0 Å². The van der Waals surface area contributed by atoms with E-state index >= 15 is 0 Å². The normalized spacial score (nSPS) is 26.9. The van der Waals surface area contributed by atoms with Crippen molar-refractivity contribution < 1.29 is 4.74 Å². The summed E-state index contributed by atoms with van der Waals surface area (Å²) in [6.07, 6.45) is 7.24. The van der Waals surface area contributed by atoms with Crippen molar-refractivity contribution in [1.29, 1.82) is 0 Å². The maximum atomic E-state index is 6.30. The summed E-state index contributed by atoms with van der Waals surface area (Å²) in [6, 6.07) is 10.3. The molecule has 1 aliphatic carbocycles. The first-order valence-corrected chi connectivity index (χ1v) is 9.42. The van der Waals surface area contributed by atoms with Gasteiger partial charge in [-0.2, -0.15) is 0 Å². The van der Waals surface area contributed by atoms with Crippen molar-refractivity contribution in [3.63, 3.8) is 0 Å². The highest BCUT2D eigenvalue weighted by Gasteiger charge is 2.34. The fourth-order valence-corrected chi connectivity index (χ4v) is 4.39. The molecule has 3 atom stereocenters. The second-order valence-electron chi connectivity index (χ2n) is 7.64. The number of rotatable bonds is 3. The van der Waals surface area contributed by atoms with Crippen LogP contribution in [-0.2, 0) is 0 Å². The molecule has 0 radical (unpaired) electrons. The molecule has 2 heterocycles. The average molecular weight is 337 g/mol. The van der Waals surface area contributed by atoms with Crippen LogP contribution in [-0.4, -0.2) is 41.1 Å². The molecule has 3 unspecified atom stereocenters. The Hall–Kier alpha value is -1.94. The van der Waals surface area contributed by atoms with Gasteiger partial charge in [0.05, 0.1) is 11.8 Å². The molecule has 2 aliphatic rings. The molecule has 0 amide bonds. The molecule has 0 N–H and O–H groups in total. The fourth-order valence-electron chi connectivity index (χ4n) is 4.39. The first kappa shape index (κ1) is 16.5. The maximum absolute atomic E-state index is 6.30. The molecular weight excluding hydrogens is 310 g/mol. The Morgan fingerprint density at radius 3 is 2.68 bits per heavy atom. The lowest BCUT2D eigenvalue weighted by atomic mass is 9.74. The second kappa shape index (κ2) is 7.12. The number of ether oxygens (including phenoxy) is 1. The Kier molecular flexibility index (Phi) is 4.71. The molecule has 25 heavy (non-hydrogen) atoms. The lowest BCUT2D eigenvalue weighted by Gasteiger charge is -2.42. The van der Waals surface area contributed by atoms with E-state index in [4.69, 9.17) is 4.74 Å². The van der Waals surface area contributed by atoms with E-state index in [0.717, 1.165) is 34.7 Å². The Bertz CT molecular complexity index is 715. The molecule has 4 nitrogen and oxygen atoms in total. The van der Waals surface area contributed by atoms with Crippen LogP contribution in [0, 0.1) is 18.8 Å². The van der Waals surface area contributed by atoms with E-state index in [9.17, 15) is 0 Å². The summed E-state index contributed by atoms with van der Waals surface area (Å²) >= 11 is 0. The third kappa shape index (κ3) is 3.84. The molecule has 1 saturated carbocycles. The zero-order chi connectivity index (χ0) is 17.2. The molecular formula is C21H27N3O. The van der Waals surface area contributed by atoms with Gasteiger partial charge in [-0.1, -0.05) is 0 Å². The van der Waals surface area contributed by atoms with Gasteiger partial charge in [0, 0.05) is 18.3 Å². The zero-order valence-electron chi connectivity index (χ0n) is 15.2. The maximum Gasteiger partial charge on any atom is 0.125 e. The summed E-state index contributed by atoms with van der Waals surface area (Å²) in [6.45, 7) is 4.41. The molecule has 4 heteroatoms. The van der Waals surface area contributed by atoms with Gasteiger partial charge in [0.1, 0.15) is 11.6 Å². The van der Waals surface area contributed by atoms with Gasteiger partial charge >= 0.3 is 0 Å². The Labute approximate surface area is 150 Å². The van der Waals surface area contributed by atoms with Crippen LogP contribution in [0.15, 0.2) is 36.5 Å². The molecule has 2 aromatic rings. The second-order valence-corrected chi connectivity index (χ2v) is 7.64. The largest absolute Gasteiger partial charge is 0.490 e. The predicted molar refractivity (Wildman–Crippen MR) is 99.6 cm³/mol. The van der Waals surface area contributed by atoms with Crippen molar-refractivity contribution in [2.24, 2.45) is 11.8 Å². The summed E-state index contributed by atoms with van der Waals surface area (Å²) in [5, 5.41) is 0. The van der Waals surface area contributed by atoms with Crippen molar-refractivity contribution in [3.8, 4) is 17.0 Å². The van der Waals surface area contributed by atoms with Gasteiger partial charge in [-0.05, 0) is 88.4 Å². The number of hydrogen-bond donors (Lipinski definition) is 0. The van der Waals surface area contributed by atoms with Crippen LogP contribution in [0.3, 0.4) is 0 Å². The summed E-state index contributed by atoms with van der Waals surface area (Å²) in [4.78, 5) is 11.1. The van der Waals surface area contributed by atoms with E-state index in [-0.39, 0.29) is 0 Å². The van der Waals surface area contributed by atoms with Crippen LogP contribution in [0.4, 0.5) is 0 Å². The molecule has 1 saturated heterocycles. The highest BCUT2D eigenvalue weighted by atomic mass is 16.5. The first-order chi connectivity index (χ1) is 12.2. The van der Waals surface area contributed by atoms with Gasteiger partial charge in [-0.3, -0.25) is 0 Å². The molecule has 132 valence electrons. The average Bonchev–Trinajstić information content (AvgIpc) is 2.62. The van der Waals surface area contributed by atoms with E-state index in [1.807, 2.05) is 19.2 Å². The Morgan fingerprint density at radius 2 is 1.88 bits per heavy atom. The monoisotopic (exact) mass is 337 g/mol. The third-order valence-corrected chi connectivity index (χ3v) is 5.75. The van der Waals surface area contributed by atoms with Gasteiger partial charge in [0.2, 0.25) is 0 Å². The van der Waals surface area contributed by atoms with Gasteiger partial charge < -0.3 is 9.64 Å². The number of likely N-dealkylation sites (tertiary alicyclic amines) is 1. The first-order valence-electron chi connectivity index (χ1n) is 9.42. The lowest BCUT2D eigenvalue weighted by molar-refractivity contribution is 0.0387. The highest BCUT2D eigenvalue weighted by molar-refractivity contribution is 5.59. The minimum Gasteiger partial charge on any atom is -0.490 e. The van der Waals surface area contributed by atoms with E-state index in [1.165, 1.54) is 38.8 Å². The number of hydrogen-bond acceptors (Lipinski definition) is 4. The van der Waals surface area contributed by atoms with Crippen molar-refractivity contribution >= 4 is 0 Å². The van der Waals surface area contributed by atoms with Crippen molar-refractivity contribution in [2.75, 3.05) is 20.1 Å². The third-order valence-electron chi connectivity index (χ3n) is 5.75. The molecule has 1 aromatic heterocycles. The van der Waals surface area contributed by atoms with Crippen molar-refractivity contribution in [3.05, 3.63) is 42.4 Å². The van der Waals surface area contributed by atoms with Crippen LogP contribution in [0.5, 0.6) is 5.75 Å². The summed E-state index contributed by atoms with van der Waals surface area (Å²) in [7, 11) is 2.24. The molecule has 2 fully saturated rings. The number of aryl methyl sites for hydroxylation is 1. The van der Waals surface area contributed by atoms with Crippen LogP contribution in [0.25, 0.3) is 11.3 Å². The number of fused-ring (bicyclic) bond motifs is 1. The Morgan fingerprint density at radius 1 is 1.04 bits per heavy atom. The number of benzene rings is 1. The van der Waals surface area contributed by atoms with Crippen LogP contribution < -0.4 is 4.74 Å². The molecule has 0 bridgehead atoms. The number of nitrogens with zero attached hydrogens (tertiary/aromatic N) is 3. The van der Waals surface area contributed by atoms with Gasteiger partial charge in [0.25, 0.3) is 0 Å². The minimum absolute atomic E-state index is 0.361. The van der Waals surface area contributed by atoms with E-state index < -0.39 is 0 Å². The van der Waals surface area contributed by atoms with Crippen molar-refractivity contribution in [1.82, 2.24) is 14.9 Å². The van der Waals surface area contributed by atoms with E-state index in [2.05, 4.69) is 46.2 Å². The fraction of sp³-hybridized carbons (Fsp3) is 0.524. The predicted octanol–water partition coefficient (Wildman–Crippen LogP) is 3.95. The SMILES string of the molecule is Cc1nccc(-c2ccc(OC3CCC4CCN(C)CC4C3)cc2)n1. The molecule has 0 spiro atoms. The lowest BCUT2D eigenvalue weighted by Crippen LogP contribution is -2.43. The van der Waals surface area contributed by atoms with E-state index in [1.54, 1.807) is 0 Å². The minimum atomic E-state index is 0.361. The smallest absolute Gasteiger partial charge is 0.125 e. The van der Waals surface area contributed by atoms with Crippen LogP contribution >= 0.6 is 0 Å². The van der Waals surface area contributed by atoms with Gasteiger partial charge in [-0.15, -0.1) is 0 Å². The van der Waals surface area contributed by atoms with Gasteiger partial charge in [-0.25, -0.2) is 9.97 Å². The molecule has 4 rings (SSSR count).